The van der Waals surface area contributed by atoms with Crippen LogP contribution in [-0.2, 0) is 20.0 Å². The van der Waals surface area contributed by atoms with Gasteiger partial charge in [0.05, 0.1) is 0 Å². The van der Waals surface area contributed by atoms with E-state index in [9.17, 15) is 4.79 Å². The second kappa shape index (κ2) is 6.93. The highest BCUT2D eigenvalue weighted by molar-refractivity contribution is 5.15. The van der Waals surface area contributed by atoms with Crippen LogP contribution in [0.1, 0.15) is 30.4 Å². The summed E-state index contributed by atoms with van der Waals surface area (Å²) in [5.41, 5.74) is 2.63. The maximum Gasteiger partial charge on any atom is 0.250 e. The van der Waals surface area contributed by atoms with Gasteiger partial charge in [0.2, 0.25) is 0 Å². The SMILES string of the molecule is Cn1ccc(CN2CCCC2CCc2ccccc2)cc1=O. The standard InChI is InChI=1S/C19H24N2O/c1-20-13-11-17(14-19(20)22)15-21-12-5-8-18(21)10-9-16-6-3-2-4-7-16/h2-4,6-7,11,13-14,18H,5,8-10,12,15H2,1H3. The van der Waals surface area contributed by atoms with Crippen molar-refractivity contribution in [2.75, 3.05) is 6.54 Å². The molecule has 1 aliphatic heterocycles. The lowest BCUT2D eigenvalue weighted by molar-refractivity contribution is 0.234. The van der Waals surface area contributed by atoms with Gasteiger partial charge < -0.3 is 4.57 Å². The Morgan fingerprint density at radius 3 is 2.73 bits per heavy atom. The van der Waals surface area contributed by atoms with Crippen molar-refractivity contribution in [1.29, 1.82) is 0 Å². The summed E-state index contributed by atoms with van der Waals surface area (Å²) in [7, 11) is 1.80. The van der Waals surface area contributed by atoms with E-state index in [2.05, 4.69) is 41.3 Å². The fraction of sp³-hybridized carbons (Fsp3) is 0.421. The summed E-state index contributed by atoms with van der Waals surface area (Å²) < 4.78 is 1.63. The third kappa shape index (κ3) is 3.66. The number of rotatable bonds is 5. The van der Waals surface area contributed by atoms with Gasteiger partial charge in [-0.05, 0) is 49.4 Å². The van der Waals surface area contributed by atoms with Crippen LogP contribution in [0.15, 0.2) is 53.5 Å². The van der Waals surface area contributed by atoms with Crippen LogP contribution in [0.3, 0.4) is 0 Å². The Morgan fingerprint density at radius 1 is 1.14 bits per heavy atom. The van der Waals surface area contributed by atoms with E-state index < -0.39 is 0 Å². The molecule has 1 aromatic carbocycles. The van der Waals surface area contributed by atoms with E-state index in [1.165, 1.54) is 24.8 Å². The Bertz CT molecular complexity index is 663. The van der Waals surface area contributed by atoms with Crippen molar-refractivity contribution >= 4 is 0 Å². The van der Waals surface area contributed by atoms with Crippen LogP contribution in [0, 0.1) is 0 Å². The summed E-state index contributed by atoms with van der Waals surface area (Å²) in [5, 5.41) is 0. The third-order valence-electron chi connectivity index (χ3n) is 4.66. The number of hydrogen-bond acceptors (Lipinski definition) is 2. The second-order valence-electron chi connectivity index (χ2n) is 6.27. The van der Waals surface area contributed by atoms with Crippen molar-refractivity contribution in [3.05, 3.63) is 70.1 Å². The van der Waals surface area contributed by atoms with Gasteiger partial charge in [-0.25, -0.2) is 0 Å². The summed E-state index contributed by atoms with van der Waals surface area (Å²) >= 11 is 0. The summed E-state index contributed by atoms with van der Waals surface area (Å²) in [6.45, 7) is 2.05. The third-order valence-corrected chi connectivity index (χ3v) is 4.66. The molecule has 0 N–H and O–H groups in total. The van der Waals surface area contributed by atoms with Gasteiger partial charge in [-0.3, -0.25) is 9.69 Å². The van der Waals surface area contributed by atoms with Gasteiger partial charge in [0, 0.05) is 31.9 Å². The zero-order valence-corrected chi connectivity index (χ0v) is 13.2. The minimum Gasteiger partial charge on any atom is -0.319 e. The first-order valence-corrected chi connectivity index (χ1v) is 8.16. The predicted molar refractivity (Wildman–Crippen MR) is 89.9 cm³/mol. The quantitative estimate of drug-likeness (QED) is 0.847. The van der Waals surface area contributed by atoms with E-state index in [-0.39, 0.29) is 5.56 Å². The summed E-state index contributed by atoms with van der Waals surface area (Å²) in [5.74, 6) is 0. The smallest absolute Gasteiger partial charge is 0.250 e. The van der Waals surface area contributed by atoms with E-state index in [0.29, 0.717) is 6.04 Å². The monoisotopic (exact) mass is 296 g/mol. The van der Waals surface area contributed by atoms with Crippen molar-refractivity contribution in [2.24, 2.45) is 7.05 Å². The Morgan fingerprint density at radius 2 is 1.95 bits per heavy atom. The fourth-order valence-corrected chi connectivity index (χ4v) is 3.33. The van der Waals surface area contributed by atoms with Crippen LogP contribution in [-0.4, -0.2) is 22.1 Å². The van der Waals surface area contributed by atoms with Crippen LogP contribution >= 0.6 is 0 Å². The molecule has 0 bridgehead atoms. The van der Waals surface area contributed by atoms with Gasteiger partial charge in [0.15, 0.2) is 0 Å². The highest BCUT2D eigenvalue weighted by Gasteiger charge is 2.24. The molecule has 22 heavy (non-hydrogen) atoms. The van der Waals surface area contributed by atoms with Crippen molar-refractivity contribution in [3.8, 4) is 0 Å². The number of pyridine rings is 1. The van der Waals surface area contributed by atoms with Crippen LogP contribution in [0.25, 0.3) is 0 Å². The molecule has 0 saturated carbocycles. The molecule has 1 atom stereocenters. The number of aryl methyl sites for hydroxylation is 2. The lowest BCUT2D eigenvalue weighted by Crippen LogP contribution is -2.30. The summed E-state index contributed by atoms with van der Waals surface area (Å²) in [4.78, 5) is 14.3. The molecule has 1 saturated heterocycles. The molecule has 2 aromatic rings. The topological polar surface area (TPSA) is 25.2 Å². The van der Waals surface area contributed by atoms with E-state index in [1.54, 1.807) is 17.7 Å². The number of aromatic nitrogens is 1. The molecule has 3 rings (SSSR count). The molecule has 1 aromatic heterocycles. The van der Waals surface area contributed by atoms with Gasteiger partial charge in [0.1, 0.15) is 0 Å². The minimum atomic E-state index is 0.0810. The maximum absolute atomic E-state index is 11.8. The zero-order chi connectivity index (χ0) is 15.4. The van der Waals surface area contributed by atoms with Crippen molar-refractivity contribution < 1.29 is 0 Å². The molecule has 0 spiro atoms. The largest absolute Gasteiger partial charge is 0.319 e. The predicted octanol–water partition coefficient (Wildman–Crippen LogP) is 2.98. The summed E-state index contributed by atoms with van der Waals surface area (Å²) in [6.07, 6.45) is 6.75. The van der Waals surface area contributed by atoms with Gasteiger partial charge in [-0.2, -0.15) is 0 Å². The van der Waals surface area contributed by atoms with Crippen molar-refractivity contribution in [2.45, 2.75) is 38.3 Å². The van der Waals surface area contributed by atoms with E-state index in [4.69, 9.17) is 0 Å². The average Bonchev–Trinajstić information content (AvgIpc) is 2.97. The molecule has 1 unspecified atom stereocenters. The Hall–Kier alpha value is -1.87. The van der Waals surface area contributed by atoms with E-state index >= 15 is 0 Å². The number of benzene rings is 1. The van der Waals surface area contributed by atoms with Gasteiger partial charge in [0.25, 0.3) is 5.56 Å². The lowest BCUT2D eigenvalue weighted by Gasteiger charge is -2.24. The minimum absolute atomic E-state index is 0.0810. The first-order valence-electron chi connectivity index (χ1n) is 8.16. The van der Waals surface area contributed by atoms with E-state index in [1.807, 2.05) is 6.20 Å². The molecule has 2 heterocycles. The normalized spacial score (nSPS) is 18.7. The molecule has 3 heteroatoms. The van der Waals surface area contributed by atoms with Crippen molar-refractivity contribution in [1.82, 2.24) is 9.47 Å². The molecule has 1 fully saturated rings. The molecule has 0 aliphatic carbocycles. The van der Waals surface area contributed by atoms with Crippen LogP contribution in [0.2, 0.25) is 0 Å². The molecule has 1 aliphatic rings. The van der Waals surface area contributed by atoms with Gasteiger partial charge in [-0.15, -0.1) is 0 Å². The Balaban J connectivity index is 1.60. The lowest BCUT2D eigenvalue weighted by atomic mass is 10.0. The van der Waals surface area contributed by atoms with Crippen LogP contribution in [0.4, 0.5) is 0 Å². The van der Waals surface area contributed by atoms with Crippen LogP contribution in [0.5, 0.6) is 0 Å². The summed E-state index contributed by atoms with van der Waals surface area (Å²) in [6, 6.07) is 15.2. The number of nitrogens with zero attached hydrogens (tertiary/aromatic N) is 2. The Kier molecular flexibility index (Phi) is 4.74. The molecular formula is C19H24N2O. The molecule has 0 radical (unpaired) electrons. The number of likely N-dealkylation sites (tertiary alicyclic amines) is 1. The molecule has 0 amide bonds. The van der Waals surface area contributed by atoms with Crippen molar-refractivity contribution in [3.63, 3.8) is 0 Å². The first kappa shape index (κ1) is 15.0. The molecular weight excluding hydrogens is 272 g/mol. The first-order chi connectivity index (χ1) is 10.7. The highest BCUT2D eigenvalue weighted by atomic mass is 16.1. The van der Waals surface area contributed by atoms with Gasteiger partial charge in [-0.1, -0.05) is 30.3 Å². The fourth-order valence-electron chi connectivity index (χ4n) is 3.33. The second-order valence-corrected chi connectivity index (χ2v) is 6.27. The zero-order valence-electron chi connectivity index (χ0n) is 13.2. The molecule has 3 nitrogen and oxygen atoms in total. The number of hydrogen-bond donors (Lipinski definition) is 0. The highest BCUT2D eigenvalue weighted by Crippen LogP contribution is 2.23. The maximum atomic E-state index is 11.8. The molecule has 116 valence electrons. The van der Waals surface area contributed by atoms with Crippen LogP contribution < -0.4 is 5.56 Å². The van der Waals surface area contributed by atoms with E-state index in [0.717, 1.165) is 25.1 Å². The Labute approximate surface area is 132 Å². The van der Waals surface area contributed by atoms with Gasteiger partial charge >= 0.3 is 0 Å². The average molecular weight is 296 g/mol.